The Labute approximate surface area is 153 Å². The smallest absolute Gasteiger partial charge is 0.255 e. The fourth-order valence-electron chi connectivity index (χ4n) is 2.92. The molecule has 3 rings (SSSR count). The van der Waals surface area contributed by atoms with Crippen molar-refractivity contribution >= 4 is 16.8 Å². The molecule has 2 heterocycles. The molecule has 0 aliphatic carbocycles. The lowest BCUT2D eigenvalue weighted by Crippen LogP contribution is -2.30. The molecule has 0 atom stereocenters. The van der Waals surface area contributed by atoms with E-state index in [9.17, 15) is 4.79 Å². The molecular formula is C20H24N4O2. The quantitative estimate of drug-likeness (QED) is 0.693. The van der Waals surface area contributed by atoms with Crippen LogP contribution in [0.5, 0.6) is 0 Å². The fourth-order valence-corrected chi connectivity index (χ4v) is 2.92. The Balaban J connectivity index is 1.96. The molecule has 1 amide bonds. The van der Waals surface area contributed by atoms with Crippen molar-refractivity contribution in [2.75, 3.05) is 6.54 Å². The van der Waals surface area contributed by atoms with Gasteiger partial charge in [0.05, 0.1) is 11.1 Å². The molecule has 6 nitrogen and oxygen atoms in total. The van der Waals surface area contributed by atoms with E-state index in [0.717, 1.165) is 22.2 Å². The highest BCUT2D eigenvalue weighted by Gasteiger charge is 2.21. The second-order valence-electron chi connectivity index (χ2n) is 6.80. The van der Waals surface area contributed by atoms with Crippen LogP contribution in [0.4, 0.5) is 0 Å². The molecule has 0 saturated heterocycles. The number of aryl methyl sites for hydroxylation is 2. The normalized spacial score (nSPS) is 11.3. The molecule has 0 aliphatic rings. The first kappa shape index (κ1) is 18.0. The summed E-state index contributed by atoms with van der Waals surface area (Å²) in [6.45, 7) is 10.7. The lowest BCUT2D eigenvalue weighted by molar-refractivity contribution is 0.0736. The molecule has 0 bridgehead atoms. The van der Waals surface area contributed by atoms with Crippen molar-refractivity contribution in [2.24, 2.45) is 0 Å². The van der Waals surface area contributed by atoms with Crippen LogP contribution in [0.25, 0.3) is 10.9 Å². The predicted molar refractivity (Wildman–Crippen MR) is 100 cm³/mol. The predicted octanol–water partition coefficient (Wildman–Crippen LogP) is 4.02. The third-order valence-electron chi connectivity index (χ3n) is 4.39. The molecule has 6 heteroatoms. The first-order valence-electron chi connectivity index (χ1n) is 8.89. The van der Waals surface area contributed by atoms with Gasteiger partial charge in [0.25, 0.3) is 5.91 Å². The highest BCUT2D eigenvalue weighted by atomic mass is 16.5. The van der Waals surface area contributed by atoms with Crippen LogP contribution < -0.4 is 0 Å². The second-order valence-corrected chi connectivity index (χ2v) is 6.80. The van der Waals surface area contributed by atoms with Gasteiger partial charge in [-0.3, -0.25) is 9.78 Å². The number of hydrogen-bond acceptors (Lipinski definition) is 5. The minimum atomic E-state index is -0.0575. The van der Waals surface area contributed by atoms with Crippen LogP contribution in [-0.4, -0.2) is 32.5 Å². The van der Waals surface area contributed by atoms with E-state index in [1.807, 2.05) is 58.9 Å². The summed E-state index contributed by atoms with van der Waals surface area (Å²) < 4.78 is 5.31. The molecule has 26 heavy (non-hydrogen) atoms. The minimum absolute atomic E-state index is 0.0575. The lowest BCUT2D eigenvalue weighted by atomic mass is 10.0. The van der Waals surface area contributed by atoms with Gasteiger partial charge in [0.2, 0.25) is 5.89 Å². The number of hydrogen-bond donors (Lipinski definition) is 0. The number of amides is 1. The molecular weight excluding hydrogens is 328 g/mol. The number of rotatable bonds is 5. The molecule has 0 spiro atoms. The van der Waals surface area contributed by atoms with Gasteiger partial charge < -0.3 is 9.42 Å². The van der Waals surface area contributed by atoms with Crippen molar-refractivity contribution in [3.63, 3.8) is 0 Å². The minimum Gasteiger partial charge on any atom is -0.337 e. The maximum atomic E-state index is 13.2. The molecule has 0 fully saturated rings. The van der Waals surface area contributed by atoms with Crippen LogP contribution in [0.1, 0.15) is 60.0 Å². The molecule has 1 aromatic carbocycles. The maximum absolute atomic E-state index is 13.2. The molecule has 3 aromatic rings. The Hall–Kier alpha value is -2.76. The van der Waals surface area contributed by atoms with Gasteiger partial charge >= 0.3 is 0 Å². The van der Waals surface area contributed by atoms with Crippen LogP contribution in [0, 0.1) is 13.8 Å². The van der Waals surface area contributed by atoms with E-state index in [1.165, 1.54) is 0 Å². The van der Waals surface area contributed by atoms with E-state index >= 15 is 0 Å². The van der Waals surface area contributed by atoms with Crippen molar-refractivity contribution in [1.29, 1.82) is 0 Å². The molecule has 0 N–H and O–H groups in total. The fraction of sp³-hybridized carbons (Fsp3) is 0.400. The SMILES string of the molecule is CCN(Cc1nc(C(C)C)no1)C(=O)c1cc(C)nc2c(C)cccc12. The molecule has 0 saturated carbocycles. The number of para-hydroxylation sites is 1. The molecule has 136 valence electrons. The number of benzene rings is 1. The number of fused-ring (bicyclic) bond motifs is 1. The summed E-state index contributed by atoms with van der Waals surface area (Å²) in [7, 11) is 0. The Morgan fingerprint density at radius 1 is 1.23 bits per heavy atom. The number of aromatic nitrogens is 3. The summed E-state index contributed by atoms with van der Waals surface area (Å²) >= 11 is 0. The van der Waals surface area contributed by atoms with Gasteiger partial charge in [-0.1, -0.05) is 37.2 Å². The number of carbonyl (C=O) groups excluding carboxylic acids is 1. The van der Waals surface area contributed by atoms with Gasteiger partial charge in [-0.05, 0) is 32.4 Å². The maximum Gasteiger partial charge on any atom is 0.255 e. The van der Waals surface area contributed by atoms with E-state index in [4.69, 9.17) is 4.52 Å². The summed E-state index contributed by atoms with van der Waals surface area (Å²) in [4.78, 5) is 23.9. The van der Waals surface area contributed by atoms with E-state index < -0.39 is 0 Å². The second kappa shape index (κ2) is 7.23. The Morgan fingerprint density at radius 3 is 2.65 bits per heavy atom. The van der Waals surface area contributed by atoms with Crippen LogP contribution in [0.2, 0.25) is 0 Å². The van der Waals surface area contributed by atoms with Crippen molar-refractivity contribution in [3.8, 4) is 0 Å². The van der Waals surface area contributed by atoms with Gasteiger partial charge in [-0.25, -0.2) is 0 Å². The zero-order valence-corrected chi connectivity index (χ0v) is 15.9. The topological polar surface area (TPSA) is 72.1 Å². The van der Waals surface area contributed by atoms with Crippen LogP contribution >= 0.6 is 0 Å². The van der Waals surface area contributed by atoms with Crippen LogP contribution in [0.15, 0.2) is 28.8 Å². The summed E-state index contributed by atoms with van der Waals surface area (Å²) in [5.41, 5.74) is 3.40. The summed E-state index contributed by atoms with van der Waals surface area (Å²) in [5.74, 6) is 1.24. The van der Waals surface area contributed by atoms with E-state index in [1.54, 1.807) is 4.90 Å². The summed E-state index contributed by atoms with van der Waals surface area (Å²) in [5, 5.41) is 4.84. The van der Waals surface area contributed by atoms with Gasteiger partial charge in [0.15, 0.2) is 5.82 Å². The largest absolute Gasteiger partial charge is 0.337 e. The first-order chi connectivity index (χ1) is 12.4. The Bertz CT molecular complexity index is 946. The van der Waals surface area contributed by atoms with E-state index in [0.29, 0.717) is 30.4 Å². The molecule has 0 aliphatic heterocycles. The van der Waals surface area contributed by atoms with Crippen molar-refractivity contribution in [2.45, 2.75) is 47.1 Å². The summed E-state index contributed by atoms with van der Waals surface area (Å²) in [6, 6.07) is 7.75. The zero-order valence-electron chi connectivity index (χ0n) is 15.9. The number of pyridine rings is 1. The zero-order chi connectivity index (χ0) is 18.8. The van der Waals surface area contributed by atoms with Crippen molar-refractivity contribution in [1.82, 2.24) is 20.0 Å². The van der Waals surface area contributed by atoms with Crippen molar-refractivity contribution in [3.05, 3.63) is 52.8 Å². The monoisotopic (exact) mass is 352 g/mol. The van der Waals surface area contributed by atoms with Crippen LogP contribution in [-0.2, 0) is 6.54 Å². The molecule has 0 radical (unpaired) electrons. The van der Waals surface area contributed by atoms with Crippen molar-refractivity contribution < 1.29 is 9.32 Å². The van der Waals surface area contributed by atoms with E-state index in [-0.39, 0.29) is 11.8 Å². The Kier molecular flexibility index (Phi) is 5.02. The average Bonchev–Trinajstić information content (AvgIpc) is 3.08. The van der Waals surface area contributed by atoms with Gasteiger partial charge in [0.1, 0.15) is 6.54 Å². The van der Waals surface area contributed by atoms with Gasteiger partial charge in [-0.2, -0.15) is 4.98 Å². The molecule has 0 unspecified atom stereocenters. The lowest BCUT2D eigenvalue weighted by Gasteiger charge is -2.20. The standard InChI is InChI=1S/C20H24N4O2/c1-6-24(11-17-22-19(12(2)3)23-26-17)20(25)16-10-14(5)21-18-13(4)8-7-9-15(16)18/h7-10,12H,6,11H2,1-5H3. The van der Waals surface area contributed by atoms with Crippen LogP contribution in [0.3, 0.4) is 0 Å². The van der Waals surface area contributed by atoms with Gasteiger partial charge in [-0.15, -0.1) is 0 Å². The third kappa shape index (κ3) is 3.45. The van der Waals surface area contributed by atoms with E-state index in [2.05, 4.69) is 15.1 Å². The highest BCUT2D eigenvalue weighted by Crippen LogP contribution is 2.23. The average molecular weight is 352 g/mol. The third-order valence-corrected chi connectivity index (χ3v) is 4.39. The highest BCUT2D eigenvalue weighted by molar-refractivity contribution is 6.06. The molecule has 2 aromatic heterocycles. The Morgan fingerprint density at radius 2 is 2.00 bits per heavy atom. The number of nitrogens with zero attached hydrogens (tertiary/aromatic N) is 4. The van der Waals surface area contributed by atoms with Gasteiger partial charge in [0, 0.05) is 23.5 Å². The number of carbonyl (C=O) groups is 1. The summed E-state index contributed by atoms with van der Waals surface area (Å²) in [6.07, 6.45) is 0. The first-order valence-corrected chi connectivity index (χ1v) is 8.89.